The number of phenolic OH excluding ortho intramolecular Hbond substituents is 1. The van der Waals surface area contributed by atoms with Gasteiger partial charge in [0.25, 0.3) is 0 Å². The lowest BCUT2D eigenvalue weighted by molar-refractivity contribution is -0.348. The molecule has 1 rings (SSSR count). The Bertz CT molecular complexity index is 510. The number of hydrogen-bond donors (Lipinski definition) is 1. The van der Waals surface area contributed by atoms with E-state index in [9.17, 15) is 43.9 Å². The second-order valence-electron chi connectivity index (χ2n) is 3.92. The summed E-state index contributed by atoms with van der Waals surface area (Å²) in [6, 6.07) is -1.15. The molecule has 0 saturated carbocycles. The Balaban J connectivity index is 3.66. The van der Waals surface area contributed by atoms with E-state index in [1.807, 2.05) is 0 Å². The van der Waals surface area contributed by atoms with Crippen molar-refractivity contribution in [2.75, 3.05) is 0 Å². The highest BCUT2D eigenvalue weighted by Gasteiger charge is 2.73. The number of alkyl halides is 10. The van der Waals surface area contributed by atoms with Crippen LogP contribution in [-0.2, 0) is 11.8 Å². The van der Waals surface area contributed by atoms with E-state index in [-0.39, 0.29) is 12.1 Å². The lowest BCUT2D eigenvalue weighted by Gasteiger charge is -2.30. The predicted octanol–water partition coefficient (Wildman–Crippen LogP) is 4.70. The van der Waals surface area contributed by atoms with E-state index in [1.165, 1.54) is 0 Å². The second-order valence-corrected chi connectivity index (χ2v) is 3.92. The molecule has 0 atom stereocenters. The van der Waals surface area contributed by atoms with E-state index in [0.29, 0.717) is 0 Å². The molecule has 1 nitrogen and oxygen atoms in total. The summed E-state index contributed by atoms with van der Waals surface area (Å²) in [5, 5.41) is 8.85. The Labute approximate surface area is 109 Å². The first-order valence-electron chi connectivity index (χ1n) is 4.85. The fourth-order valence-corrected chi connectivity index (χ4v) is 1.46. The molecular weight excluding hydrogens is 326 g/mol. The summed E-state index contributed by atoms with van der Waals surface area (Å²) in [6.07, 6.45) is -18.5. The topological polar surface area (TPSA) is 20.2 Å². The van der Waals surface area contributed by atoms with E-state index in [2.05, 4.69) is 0 Å². The maximum Gasteiger partial charge on any atom is 0.435 e. The second kappa shape index (κ2) is 4.67. The van der Waals surface area contributed by atoms with Crippen molar-refractivity contribution in [2.45, 2.75) is 24.2 Å². The molecule has 120 valence electrons. The van der Waals surface area contributed by atoms with Crippen LogP contribution in [-0.4, -0.2) is 17.5 Å². The molecule has 0 heterocycles. The van der Waals surface area contributed by atoms with Gasteiger partial charge in [-0.1, -0.05) is 0 Å². The molecule has 0 aliphatic heterocycles. The van der Waals surface area contributed by atoms with E-state index < -0.39 is 47.1 Å². The van der Waals surface area contributed by atoms with E-state index in [4.69, 9.17) is 5.11 Å². The maximum atomic E-state index is 13.6. The molecule has 1 N–H and O–H groups in total. The first kappa shape index (κ1) is 17.4. The van der Waals surface area contributed by atoms with Gasteiger partial charge in [0.15, 0.2) is 0 Å². The van der Waals surface area contributed by atoms with Crippen molar-refractivity contribution in [1.29, 1.82) is 0 Å². The average Bonchev–Trinajstić information content (AvgIpc) is 2.22. The third-order valence-electron chi connectivity index (χ3n) is 2.42. The summed E-state index contributed by atoms with van der Waals surface area (Å²) in [6.45, 7) is 0. The van der Waals surface area contributed by atoms with Crippen LogP contribution in [0.4, 0.5) is 43.9 Å². The SMILES string of the molecule is Oc1cc(C(F)(F)F)cc(C(F)(C(F)(F)F)C(F)(F)F)c1. The summed E-state index contributed by atoms with van der Waals surface area (Å²) in [4.78, 5) is 0. The van der Waals surface area contributed by atoms with Crippen LogP contribution in [0.15, 0.2) is 18.2 Å². The fraction of sp³-hybridized carbons (Fsp3) is 0.400. The van der Waals surface area contributed by atoms with Gasteiger partial charge in [-0.05, 0) is 18.2 Å². The highest BCUT2D eigenvalue weighted by atomic mass is 19.4. The quantitative estimate of drug-likeness (QED) is 0.740. The minimum Gasteiger partial charge on any atom is -0.508 e. The monoisotopic (exact) mass is 330 g/mol. The van der Waals surface area contributed by atoms with Crippen molar-refractivity contribution in [3.8, 4) is 5.75 Å². The van der Waals surface area contributed by atoms with Gasteiger partial charge in [-0.15, -0.1) is 0 Å². The zero-order valence-corrected chi connectivity index (χ0v) is 9.46. The molecule has 0 spiro atoms. The van der Waals surface area contributed by atoms with Crippen LogP contribution in [0.3, 0.4) is 0 Å². The van der Waals surface area contributed by atoms with Crippen LogP contribution in [0.25, 0.3) is 0 Å². The summed E-state index contributed by atoms with van der Waals surface area (Å²) in [5.74, 6) is -1.59. The molecule has 1 aromatic rings. The summed E-state index contributed by atoms with van der Waals surface area (Å²) >= 11 is 0. The molecule has 0 amide bonds. The minimum absolute atomic E-state index is 0.128. The fourth-order valence-electron chi connectivity index (χ4n) is 1.46. The number of rotatable bonds is 1. The highest BCUT2D eigenvalue weighted by molar-refractivity contribution is 5.39. The third-order valence-corrected chi connectivity index (χ3v) is 2.42. The molecule has 0 aliphatic rings. The van der Waals surface area contributed by atoms with Gasteiger partial charge >= 0.3 is 24.2 Å². The summed E-state index contributed by atoms with van der Waals surface area (Å²) in [7, 11) is 0. The molecule has 11 heteroatoms. The van der Waals surface area contributed by atoms with E-state index in [0.717, 1.165) is 0 Å². The van der Waals surface area contributed by atoms with E-state index in [1.54, 1.807) is 0 Å². The molecule has 0 aromatic heterocycles. The van der Waals surface area contributed by atoms with Crippen molar-refractivity contribution in [3.63, 3.8) is 0 Å². The van der Waals surface area contributed by atoms with Gasteiger partial charge < -0.3 is 5.11 Å². The molecular formula is C10H4F10O. The summed E-state index contributed by atoms with van der Waals surface area (Å²) < 4.78 is 125. The molecule has 0 fully saturated rings. The standard InChI is InChI=1S/C10H4F10O/c11-7(9(15,16)17,10(18,19)20)4-1-5(8(12,13)14)3-6(21)2-4/h1-3,21H. The number of benzene rings is 1. The van der Waals surface area contributed by atoms with Gasteiger partial charge in [-0.25, -0.2) is 4.39 Å². The number of phenols is 1. The Morgan fingerprint density at radius 3 is 1.33 bits per heavy atom. The van der Waals surface area contributed by atoms with Crippen LogP contribution in [0, 0.1) is 0 Å². The van der Waals surface area contributed by atoms with Crippen molar-refractivity contribution in [2.24, 2.45) is 0 Å². The molecule has 0 unspecified atom stereocenters. The lowest BCUT2D eigenvalue weighted by atomic mass is 9.92. The first-order chi connectivity index (χ1) is 9.10. The van der Waals surface area contributed by atoms with Crippen LogP contribution < -0.4 is 0 Å². The van der Waals surface area contributed by atoms with Crippen molar-refractivity contribution >= 4 is 0 Å². The molecule has 0 saturated heterocycles. The predicted molar refractivity (Wildman–Crippen MR) is 48.0 cm³/mol. The van der Waals surface area contributed by atoms with Crippen LogP contribution in [0.1, 0.15) is 11.1 Å². The maximum absolute atomic E-state index is 13.6. The smallest absolute Gasteiger partial charge is 0.435 e. The minimum atomic E-state index is -6.57. The Morgan fingerprint density at radius 1 is 0.619 bits per heavy atom. The molecule has 1 aromatic carbocycles. The van der Waals surface area contributed by atoms with Gasteiger partial charge in [-0.3, -0.25) is 0 Å². The Hall–Kier alpha value is -1.68. The zero-order valence-electron chi connectivity index (χ0n) is 9.46. The van der Waals surface area contributed by atoms with Crippen molar-refractivity contribution < 1.29 is 49.0 Å². The normalized spacial score (nSPS) is 14.4. The van der Waals surface area contributed by atoms with E-state index >= 15 is 0 Å². The first-order valence-corrected chi connectivity index (χ1v) is 4.85. The Morgan fingerprint density at radius 2 is 1.00 bits per heavy atom. The number of halogens is 10. The number of hydrogen-bond acceptors (Lipinski definition) is 1. The van der Waals surface area contributed by atoms with Gasteiger partial charge in [0.05, 0.1) is 5.56 Å². The zero-order chi connectivity index (χ0) is 16.9. The summed E-state index contributed by atoms with van der Waals surface area (Å²) in [5.41, 5.74) is -10.5. The molecule has 0 bridgehead atoms. The molecule has 21 heavy (non-hydrogen) atoms. The van der Waals surface area contributed by atoms with Gasteiger partial charge in [0.1, 0.15) is 5.75 Å². The highest BCUT2D eigenvalue weighted by Crippen LogP contribution is 2.54. The largest absolute Gasteiger partial charge is 0.508 e. The molecule has 0 aliphatic carbocycles. The van der Waals surface area contributed by atoms with Crippen molar-refractivity contribution in [3.05, 3.63) is 29.3 Å². The van der Waals surface area contributed by atoms with Crippen LogP contribution >= 0.6 is 0 Å². The average molecular weight is 330 g/mol. The molecule has 0 radical (unpaired) electrons. The van der Waals surface area contributed by atoms with Gasteiger partial charge in [0.2, 0.25) is 0 Å². The Kier molecular flexibility index (Phi) is 3.86. The van der Waals surface area contributed by atoms with Crippen LogP contribution in [0.5, 0.6) is 5.75 Å². The third kappa shape index (κ3) is 3.00. The van der Waals surface area contributed by atoms with Gasteiger partial charge in [-0.2, -0.15) is 39.5 Å². The lowest BCUT2D eigenvalue weighted by Crippen LogP contribution is -2.50. The number of aromatic hydroxyl groups is 1. The van der Waals surface area contributed by atoms with Crippen molar-refractivity contribution in [1.82, 2.24) is 0 Å². The van der Waals surface area contributed by atoms with Crippen LogP contribution in [0.2, 0.25) is 0 Å². The van der Waals surface area contributed by atoms with Gasteiger partial charge in [0, 0.05) is 5.56 Å².